The summed E-state index contributed by atoms with van der Waals surface area (Å²) < 4.78 is 14.8. The minimum atomic E-state index is -0.592. The van der Waals surface area contributed by atoms with Gasteiger partial charge in [-0.1, -0.05) is 30.3 Å². The number of carbonyl (C=O) groups excluding carboxylic acids is 2. The zero-order valence-electron chi connectivity index (χ0n) is 24.4. The number of aromatic nitrogens is 3. The molecule has 2 aromatic carbocycles. The molecule has 0 radical (unpaired) electrons. The monoisotopic (exact) mass is 595 g/mol. The topological polar surface area (TPSA) is 155 Å². The van der Waals surface area contributed by atoms with E-state index < -0.39 is 11.8 Å². The molecule has 1 fully saturated rings. The maximum absolute atomic E-state index is 13.6. The van der Waals surface area contributed by atoms with Gasteiger partial charge in [0.25, 0.3) is 11.5 Å². The molecule has 4 N–H and O–H groups in total. The highest BCUT2D eigenvalue weighted by atomic mass is 16.5. The summed E-state index contributed by atoms with van der Waals surface area (Å²) in [6, 6.07) is 17.9. The molecule has 0 saturated heterocycles. The summed E-state index contributed by atoms with van der Waals surface area (Å²) in [5, 5.41) is 13.0. The van der Waals surface area contributed by atoms with Gasteiger partial charge in [0.05, 0.1) is 23.8 Å². The first-order chi connectivity index (χ1) is 21.2. The van der Waals surface area contributed by atoms with Crippen LogP contribution in [0.4, 0.5) is 5.69 Å². The summed E-state index contributed by atoms with van der Waals surface area (Å²) in [5.41, 5.74) is 9.77. The number of hydrogen-bond donors (Lipinski definition) is 3. The van der Waals surface area contributed by atoms with Crippen molar-refractivity contribution in [2.24, 2.45) is 18.7 Å². The van der Waals surface area contributed by atoms with Crippen LogP contribution in [0.25, 0.3) is 33.3 Å². The van der Waals surface area contributed by atoms with E-state index in [4.69, 9.17) is 15.0 Å². The molecule has 3 heterocycles. The van der Waals surface area contributed by atoms with Crippen molar-refractivity contribution in [3.63, 3.8) is 0 Å². The van der Waals surface area contributed by atoms with Crippen LogP contribution in [0, 0.1) is 12.8 Å². The molecule has 2 amide bonds. The number of anilines is 1. The van der Waals surface area contributed by atoms with Gasteiger partial charge in [0, 0.05) is 48.7 Å². The number of nitrogens with two attached hydrogens (primary N) is 1. The Hall–Kier alpha value is -5.00. The highest BCUT2D eigenvalue weighted by Gasteiger charge is 2.29. The standard InChI is InChI=1S/C33H33N5O6/c1-19-28(33(42)37(2)44-19)22-8-6-21(7-9-22)27-17-23-10-11-35-29(32(41)36-25-5-3-4-24(16-25)31(34)40)30(23)38(27)12-13-43-26-14-20(15-26)18-39/h3-11,16-17,20,26,39H,12-15,18H2,1-2H3,(H2,34,40)(H,36,41). The smallest absolute Gasteiger partial charge is 0.290 e. The van der Waals surface area contributed by atoms with Gasteiger partial charge in [0.2, 0.25) is 5.91 Å². The molecule has 0 atom stereocenters. The lowest BCUT2D eigenvalue weighted by Crippen LogP contribution is -2.34. The normalized spacial score (nSPS) is 16.2. The van der Waals surface area contributed by atoms with E-state index in [1.807, 2.05) is 41.0 Å². The lowest BCUT2D eigenvalue weighted by molar-refractivity contribution is -0.0467. The van der Waals surface area contributed by atoms with Gasteiger partial charge in [-0.3, -0.25) is 14.4 Å². The van der Waals surface area contributed by atoms with E-state index in [-0.39, 0.29) is 35.4 Å². The second-order valence-electron chi connectivity index (χ2n) is 11.1. The zero-order chi connectivity index (χ0) is 31.0. The Morgan fingerprint density at radius 3 is 2.55 bits per heavy atom. The summed E-state index contributed by atoms with van der Waals surface area (Å²) in [5.74, 6) is -0.204. The Morgan fingerprint density at radius 1 is 1.11 bits per heavy atom. The molecule has 11 nitrogen and oxygen atoms in total. The molecule has 0 unspecified atom stereocenters. The molecule has 6 rings (SSSR count). The van der Waals surface area contributed by atoms with Crippen LogP contribution in [0.15, 0.2) is 76.2 Å². The fraction of sp³-hybridized carbons (Fsp3) is 0.273. The van der Waals surface area contributed by atoms with Crippen molar-refractivity contribution in [1.29, 1.82) is 0 Å². The molecule has 0 aliphatic heterocycles. The van der Waals surface area contributed by atoms with E-state index in [1.54, 1.807) is 38.4 Å². The molecule has 1 aliphatic rings. The number of aliphatic hydroxyl groups is 1. The number of ether oxygens (including phenoxy) is 1. The molecular weight excluding hydrogens is 562 g/mol. The van der Waals surface area contributed by atoms with Crippen molar-refractivity contribution < 1.29 is 24.0 Å². The third-order valence-corrected chi connectivity index (χ3v) is 8.14. The molecule has 0 spiro atoms. The largest absolute Gasteiger partial charge is 0.396 e. The maximum Gasteiger partial charge on any atom is 0.290 e. The van der Waals surface area contributed by atoms with Gasteiger partial charge in [0.15, 0.2) is 5.69 Å². The number of amides is 2. The summed E-state index contributed by atoms with van der Waals surface area (Å²) in [7, 11) is 1.58. The van der Waals surface area contributed by atoms with E-state index >= 15 is 0 Å². The maximum atomic E-state index is 13.6. The van der Waals surface area contributed by atoms with Crippen LogP contribution < -0.4 is 16.6 Å². The number of hydrogen-bond acceptors (Lipinski definition) is 7. The first kappa shape index (κ1) is 29.1. The van der Waals surface area contributed by atoms with Crippen molar-refractivity contribution in [1.82, 2.24) is 14.3 Å². The second-order valence-corrected chi connectivity index (χ2v) is 11.1. The summed E-state index contributed by atoms with van der Waals surface area (Å²) in [6.07, 6.45) is 3.33. The van der Waals surface area contributed by atoms with Gasteiger partial charge in [-0.15, -0.1) is 0 Å². The lowest BCUT2D eigenvalue weighted by atomic mass is 9.83. The van der Waals surface area contributed by atoms with Crippen LogP contribution >= 0.6 is 0 Å². The molecule has 11 heteroatoms. The SMILES string of the molecule is Cc1on(C)c(=O)c1-c1ccc(-c2cc3ccnc(C(=O)Nc4cccc(C(N)=O)c4)c3n2CCOC2CC(CO)C2)cc1. The van der Waals surface area contributed by atoms with Gasteiger partial charge >= 0.3 is 0 Å². The highest BCUT2D eigenvalue weighted by Crippen LogP contribution is 2.33. The van der Waals surface area contributed by atoms with E-state index in [2.05, 4.69) is 10.3 Å². The Morgan fingerprint density at radius 2 is 1.86 bits per heavy atom. The van der Waals surface area contributed by atoms with Crippen LogP contribution in [0.1, 0.15) is 39.4 Å². The number of pyridine rings is 1. The number of aryl methyl sites for hydroxylation is 2. The van der Waals surface area contributed by atoms with Gasteiger partial charge < -0.3 is 30.0 Å². The predicted octanol–water partition coefficient (Wildman–Crippen LogP) is 4.11. The quantitative estimate of drug-likeness (QED) is 0.220. The molecule has 1 saturated carbocycles. The van der Waals surface area contributed by atoms with Crippen LogP contribution in [-0.2, 0) is 18.3 Å². The highest BCUT2D eigenvalue weighted by molar-refractivity contribution is 6.11. The third kappa shape index (κ3) is 5.54. The van der Waals surface area contributed by atoms with Gasteiger partial charge in [-0.2, -0.15) is 4.74 Å². The lowest BCUT2D eigenvalue weighted by Gasteiger charge is -2.33. The zero-order valence-corrected chi connectivity index (χ0v) is 24.4. The third-order valence-electron chi connectivity index (χ3n) is 8.14. The fourth-order valence-electron chi connectivity index (χ4n) is 5.80. The molecule has 226 valence electrons. The average Bonchev–Trinajstić information content (AvgIpc) is 3.49. The van der Waals surface area contributed by atoms with Crippen molar-refractivity contribution in [2.45, 2.75) is 32.4 Å². The summed E-state index contributed by atoms with van der Waals surface area (Å²) in [4.78, 5) is 42.3. The van der Waals surface area contributed by atoms with Gasteiger partial charge in [0.1, 0.15) is 5.76 Å². The van der Waals surface area contributed by atoms with E-state index in [0.717, 1.165) is 35.0 Å². The predicted molar refractivity (Wildman–Crippen MR) is 165 cm³/mol. The minimum Gasteiger partial charge on any atom is -0.396 e. The number of carbonyl (C=O) groups is 2. The van der Waals surface area contributed by atoms with Crippen molar-refractivity contribution in [2.75, 3.05) is 18.5 Å². The van der Waals surface area contributed by atoms with E-state index in [9.17, 15) is 19.5 Å². The van der Waals surface area contributed by atoms with E-state index in [1.165, 1.54) is 10.8 Å². The Bertz CT molecular complexity index is 1910. The van der Waals surface area contributed by atoms with Crippen LogP contribution in [0.3, 0.4) is 0 Å². The van der Waals surface area contributed by atoms with Crippen molar-refractivity contribution in [3.05, 3.63) is 94.2 Å². The van der Waals surface area contributed by atoms with Gasteiger partial charge in [-0.05, 0) is 67.1 Å². The first-order valence-corrected chi connectivity index (χ1v) is 14.4. The van der Waals surface area contributed by atoms with E-state index in [0.29, 0.717) is 35.7 Å². The molecular formula is C33H33N5O6. The van der Waals surface area contributed by atoms with Crippen LogP contribution in [-0.4, -0.2) is 50.5 Å². The number of nitrogens with zero attached hydrogens (tertiary/aromatic N) is 3. The minimum absolute atomic E-state index is 0.0935. The fourth-order valence-corrected chi connectivity index (χ4v) is 5.80. The molecule has 5 aromatic rings. The first-order valence-electron chi connectivity index (χ1n) is 14.4. The molecule has 3 aromatic heterocycles. The average molecular weight is 596 g/mol. The number of rotatable bonds is 10. The molecule has 44 heavy (non-hydrogen) atoms. The van der Waals surface area contributed by atoms with Crippen LogP contribution in [0.2, 0.25) is 0 Å². The summed E-state index contributed by atoms with van der Waals surface area (Å²) >= 11 is 0. The summed E-state index contributed by atoms with van der Waals surface area (Å²) in [6.45, 7) is 2.78. The Labute approximate surface area is 252 Å². The number of nitrogens with one attached hydrogen (secondary N) is 1. The molecule has 1 aliphatic carbocycles. The Kier molecular flexibility index (Phi) is 7.90. The van der Waals surface area contributed by atoms with Gasteiger partial charge in [-0.25, -0.2) is 4.98 Å². The van der Waals surface area contributed by atoms with Crippen molar-refractivity contribution in [3.8, 4) is 22.4 Å². The molecule has 0 bridgehead atoms. The number of fused-ring (bicyclic) bond motifs is 1. The van der Waals surface area contributed by atoms with Crippen molar-refractivity contribution >= 4 is 28.4 Å². The number of aliphatic hydroxyl groups excluding tert-OH is 1. The number of benzene rings is 2. The Balaban J connectivity index is 1.36. The number of primary amides is 1. The second kappa shape index (κ2) is 11.9. The van der Waals surface area contributed by atoms with Crippen LogP contribution in [0.5, 0.6) is 0 Å².